The molecule has 0 bridgehead atoms. The third-order valence-corrected chi connectivity index (χ3v) is 6.49. The number of benzene rings is 2. The highest BCUT2D eigenvalue weighted by molar-refractivity contribution is 8.18. The monoisotopic (exact) mass is 441 g/mol. The maximum absolute atomic E-state index is 14.9. The number of carbonyl (C=O) groups excluding carboxylic acids is 1. The lowest BCUT2D eigenvalue weighted by Crippen LogP contribution is -2.42. The number of halogens is 2. The van der Waals surface area contributed by atoms with E-state index in [0.717, 1.165) is 16.8 Å². The summed E-state index contributed by atoms with van der Waals surface area (Å²) in [5.74, 6) is -0.662. The molecule has 1 N–H and O–H groups in total. The quantitative estimate of drug-likeness (QED) is 0.581. The van der Waals surface area contributed by atoms with E-state index in [1.807, 2.05) is 14.0 Å². The number of allylic oxidation sites excluding steroid dienone is 1. The fraction of sp³-hybridized carbons (Fsp3) is 0.217. The van der Waals surface area contributed by atoms with Crippen molar-refractivity contribution in [3.8, 4) is 0 Å². The van der Waals surface area contributed by atoms with Crippen LogP contribution >= 0.6 is 23.4 Å². The minimum absolute atomic E-state index is 0.197. The highest BCUT2D eigenvalue weighted by Crippen LogP contribution is 2.40. The second-order valence-electron chi connectivity index (χ2n) is 7.89. The van der Waals surface area contributed by atoms with E-state index in [-0.39, 0.29) is 17.3 Å². The van der Waals surface area contributed by atoms with Crippen molar-refractivity contribution in [2.45, 2.75) is 26.3 Å². The zero-order valence-electron chi connectivity index (χ0n) is 17.1. The minimum Gasteiger partial charge on any atom is -0.365 e. The Hall–Kier alpha value is -2.57. The zero-order valence-corrected chi connectivity index (χ0v) is 18.7. The molecule has 2 aliphatic rings. The molecule has 0 aliphatic carbocycles. The van der Waals surface area contributed by atoms with Gasteiger partial charge >= 0.3 is 0 Å². The van der Waals surface area contributed by atoms with Gasteiger partial charge in [0.25, 0.3) is 5.91 Å². The number of amidine groups is 1. The molecule has 154 valence electrons. The summed E-state index contributed by atoms with van der Waals surface area (Å²) in [4.78, 5) is 19.3. The summed E-state index contributed by atoms with van der Waals surface area (Å²) in [5.41, 5.74) is 3.74. The molecule has 4 rings (SSSR count). The number of rotatable bonds is 2. The van der Waals surface area contributed by atoms with Crippen LogP contribution in [-0.4, -0.2) is 23.7 Å². The Morgan fingerprint density at radius 1 is 1.23 bits per heavy atom. The Kier molecular flexibility index (Phi) is 5.24. The van der Waals surface area contributed by atoms with Gasteiger partial charge < -0.3 is 10.2 Å². The molecule has 2 aromatic rings. The highest BCUT2D eigenvalue weighted by atomic mass is 35.5. The van der Waals surface area contributed by atoms with Crippen LogP contribution in [0.1, 0.15) is 31.9 Å². The van der Waals surface area contributed by atoms with Crippen molar-refractivity contribution >= 4 is 57.5 Å². The summed E-state index contributed by atoms with van der Waals surface area (Å²) >= 11 is 7.08. The van der Waals surface area contributed by atoms with E-state index in [0.29, 0.717) is 26.3 Å². The molecular weight excluding hydrogens is 421 g/mol. The van der Waals surface area contributed by atoms with Gasteiger partial charge in [0, 0.05) is 28.9 Å². The number of likely N-dealkylation sites (N-methyl/N-ethyl adjacent to an activating group) is 1. The van der Waals surface area contributed by atoms with Crippen molar-refractivity contribution in [1.82, 2.24) is 5.32 Å². The van der Waals surface area contributed by atoms with Crippen molar-refractivity contribution < 1.29 is 9.18 Å². The number of fused-ring (bicyclic) bond motifs is 1. The average Bonchev–Trinajstić information content (AvgIpc) is 3.01. The maximum Gasteiger partial charge on any atom is 0.264 e. The van der Waals surface area contributed by atoms with Crippen molar-refractivity contribution in [3.05, 3.63) is 69.3 Å². The summed E-state index contributed by atoms with van der Waals surface area (Å²) in [5, 5.41) is 3.79. The van der Waals surface area contributed by atoms with Crippen LogP contribution in [-0.2, 0) is 4.79 Å². The smallest absolute Gasteiger partial charge is 0.264 e. The fourth-order valence-corrected chi connectivity index (χ4v) is 4.51. The standard InChI is InChI=1S/C23H21ClFN3OS/c1-13-12-23(2,3)28(4)19-11-18(25)14(9-17(13)19)10-20-21(29)27-22(30-20)26-16-7-5-15(24)6-8-16/h5-12H,1-4H3,(H,26,27,29)/b20-10+. The molecule has 1 saturated heterocycles. The largest absolute Gasteiger partial charge is 0.365 e. The SMILES string of the molecule is CC1=CC(C)(C)N(C)c2cc(F)c(/C=C3/SC(=Nc4ccc(Cl)cc4)NC3=O)cc21. The first-order valence-electron chi connectivity index (χ1n) is 9.46. The highest BCUT2D eigenvalue weighted by Gasteiger charge is 2.30. The second-order valence-corrected chi connectivity index (χ2v) is 9.36. The number of aliphatic imine (C=N–C) groups is 1. The molecule has 4 nitrogen and oxygen atoms in total. The molecule has 7 heteroatoms. The van der Waals surface area contributed by atoms with Gasteiger partial charge in [0.1, 0.15) is 5.82 Å². The van der Waals surface area contributed by atoms with Gasteiger partial charge in [-0.3, -0.25) is 4.79 Å². The topological polar surface area (TPSA) is 44.7 Å². The van der Waals surface area contributed by atoms with Crippen LogP contribution in [0.25, 0.3) is 11.6 Å². The number of amides is 1. The Bertz CT molecular complexity index is 1140. The van der Waals surface area contributed by atoms with Gasteiger partial charge in [-0.05, 0) is 80.6 Å². The van der Waals surface area contributed by atoms with E-state index in [9.17, 15) is 9.18 Å². The Morgan fingerprint density at radius 2 is 1.93 bits per heavy atom. The molecule has 1 amide bonds. The molecule has 0 atom stereocenters. The molecule has 2 heterocycles. The second kappa shape index (κ2) is 7.60. The molecule has 0 unspecified atom stereocenters. The van der Waals surface area contributed by atoms with E-state index >= 15 is 0 Å². The predicted molar refractivity (Wildman–Crippen MR) is 125 cm³/mol. The third-order valence-electron chi connectivity index (χ3n) is 5.33. The maximum atomic E-state index is 14.9. The van der Waals surface area contributed by atoms with Crippen LogP contribution in [0, 0.1) is 5.82 Å². The first-order chi connectivity index (χ1) is 14.1. The molecule has 2 aliphatic heterocycles. The molecule has 1 fully saturated rings. The predicted octanol–water partition coefficient (Wildman–Crippen LogP) is 6.00. The first kappa shape index (κ1) is 20.7. The molecule has 0 radical (unpaired) electrons. The van der Waals surface area contributed by atoms with Gasteiger partial charge in [-0.1, -0.05) is 17.7 Å². The summed E-state index contributed by atoms with van der Waals surface area (Å²) in [7, 11) is 1.96. The molecule has 30 heavy (non-hydrogen) atoms. The summed E-state index contributed by atoms with van der Waals surface area (Å²) in [6, 6.07) is 10.3. The van der Waals surface area contributed by atoms with Crippen LogP contribution in [0.15, 0.2) is 52.4 Å². The van der Waals surface area contributed by atoms with Gasteiger partial charge in [-0.25, -0.2) is 9.38 Å². The minimum atomic E-state index is -0.366. The van der Waals surface area contributed by atoms with Crippen molar-refractivity contribution in [2.24, 2.45) is 4.99 Å². The van der Waals surface area contributed by atoms with Crippen LogP contribution in [0.5, 0.6) is 0 Å². The van der Waals surface area contributed by atoms with Gasteiger partial charge in [-0.2, -0.15) is 0 Å². The lowest BCUT2D eigenvalue weighted by molar-refractivity contribution is -0.115. The fourth-order valence-electron chi connectivity index (χ4n) is 3.55. The molecule has 0 saturated carbocycles. The van der Waals surface area contributed by atoms with Crippen molar-refractivity contribution in [1.29, 1.82) is 0 Å². The van der Waals surface area contributed by atoms with Crippen LogP contribution in [0.4, 0.5) is 15.8 Å². The average molecular weight is 442 g/mol. The van der Waals surface area contributed by atoms with E-state index in [4.69, 9.17) is 11.6 Å². The molecular formula is C23H21ClFN3OS. The number of carbonyl (C=O) groups is 1. The van der Waals surface area contributed by atoms with Crippen molar-refractivity contribution in [3.63, 3.8) is 0 Å². The van der Waals surface area contributed by atoms with Crippen LogP contribution in [0.3, 0.4) is 0 Å². The number of hydrogen-bond acceptors (Lipinski definition) is 4. The Morgan fingerprint density at radius 3 is 2.63 bits per heavy atom. The number of anilines is 1. The van der Waals surface area contributed by atoms with Crippen LogP contribution < -0.4 is 10.2 Å². The van der Waals surface area contributed by atoms with E-state index < -0.39 is 0 Å². The lowest BCUT2D eigenvalue weighted by Gasteiger charge is -2.40. The number of thioether (sulfide) groups is 1. The normalized spacial score (nSPS) is 20.4. The van der Waals surface area contributed by atoms with Crippen molar-refractivity contribution in [2.75, 3.05) is 11.9 Å². The summed E-state index contributed by atoms with van der Waals surface area (Å²) in [6.45, 7) is 6.21. The van der Waals surface area contributed by atoms with E-state index in [1.54, 1.807) is 42.5 Å². The molecule has 0 aromatic heterocycles. The third kappa shape index (κ3) is 3.89. The molecule has 0 spiro atoms. The number of hydrogen-bond donors (Lipinski definition) is 1. The first-order valence-corrected chi connectivity index (χ1v) is 10.7. The number of nitrogens with zero attached hydrogens (tertiary/aromatic N) is 2. The van der Waals surface area contributed by atoms with Gasteiger partial charge in [0.05, 0.1) is 16.1 Å². The summed E-state index contributed by atoms with van der Waals surface area (Å²) < 4.78 is 14.9. The van der Waals surface area contributed by atoms with Crippen LogP contribution in [0.2, 0.25) is 5.02 Å². The van der Waals surface area contributed by atoms with Gasteiger partial charge in [0.2, 0.25) is 0 Å². The summed E-state index contributed by atoms with van der Waals surface area (Å²) in [6.07, 6.45) is 3.74. The Balaban J connectivity index is 1.66. The van der Waals surface area contributed by atoms with Gasteiger partial charge in [0.15, 0.2) is 5.17 Å². The van der Waals surface area contributed by atoms with Gasteiger partial charge in [-0.15, -0.1) is 0 Å². The molecule has 2 aromatic carbocycles. The van der Waals surface area contributed by atoms with E-state index in [2.05, 4.69) is 35.1 Å². The lowest BCUT2D eigenvalue weighted by atomic mass is 9.88. The zero-order chi connectivity index (χ0) is 21.6. The van der Waals surface area contributed by atoms with E-state index in [1.165, 1.54) is 11.8 Å². The number of nitrogens with one attached hydrogen (secondary N) is 1. The Labute approximate surface area is 184 Å².